The Bertz CT molecular complexity index is 1530. The van der Waals surface area contributed by atoms with Gasteiger partial charge in [0.05, 0.1) is 11.1 Å². The van der Waals surface area contributed by atoms with E-state index in [2.05, 4.69) is 5.32 Å². The summed E-state index contributed by atoms with van der Waals surface area (Å²) in [6.07, 6.45) is -0.459. The maximum Gasteiger partial charge on any atom is 0.344 e. The van der Waals surface area contributed by atoms with Crippen molar-refractivity contribution in [1.29, 1.82) is 0 Å². The van der Waals surface area contributed by atoms with Crippen molar-refractivity contribution in [3.8, 4) is 5.75 Å². The van der Waals surface area contributed by atoms with Crippen LogP contribution < -0.4 is 10.1 Å². The lowest BCUT2D eigenvalue weighted by Crippen LogP contribution is -2.26. The van der Waals surface area contributed by atoms with Crippen LogP contribution in [0.3, 0.4) is 0 Å². The third-order valence-corrected chi connectivity index (χ3v) is 7.14. The summed E-state index contributed by atoms with van der Waals surface area (Å²) in [5.41, 5.74) is 5.95. The van der Waals surface area contributed by atoms with Crippen LogP contribution in [0.4, 0.5) is 4.39 Å². The van der Waals surface area contributed by atoms with Crippen molar-refractivity contribution >= 4 is 34.4 Å². The first-order chi connectivity index (χ1) is 17.9. The first kappa shape index (κ1) is 27.2. The lowest BCUT2D eigenvalue weighted by Gasteiger charge is -2.15. The SMILES string of the molecule is Cc1cc(F)cc([C@H](C)NC(=O)c2ccc3c(Cc4ccc(Cl)c(O[C@H](C)C(=O)O)c4)c(C)n(C)c3c2)c1. The number of hydrogen-bond donors (Lipinski definition) is 2. The average Bonchev–Trinajstić information content (AvgIpc) is 3.09. The Morgan fingerprint density at radius 2 is 1.82 bits per heavy atom. The smallest absolute Gasteiger partial charge is 0.344 e. The molecule has 6 nitrogen and oxygen atoms in total. The molecule has 0 bridgehead atoms. The Balaban J connectivity index is 1.60. The van der Waals surface area contributed by atoms with Crippen LogP contribution in [-0.2, 0) is 18.3 Å². The van der Waals surface area contributed by atoms with Gasteiger partial charge in [-0.1, -0.05) is 29.8 Å². The second-order valence-electron chi connectivity index (χ2n) is 9.65. The van der Waals surface area contributed by atoms with Gasteiger partial charge in [-0.3, -0.25) is 4.79 Å². The number of hydrogen-bond acceptors (Lipinski definition) is 3. The molecule has 1 heterocycles. The summed E-state index contributed by atoms with van der Waals surface area (Å²) in [6.45, 7) is 7.12. The van der Waals surface area contributed by atoms with Gasteiger partial charge in [-0.15, -0.1) is 0 Å². The predicted octanol–water partition coefficient (Wildman–Crippen LogP) is 6.52. The number of benzene rings is 3. The summed E-state index contributed by atoms with van der Waals surface area (Å²) < 4.78 is 21.4. The number of aromatic nitrogens is 1. The highest BCUT2D eigenvalue weighted by Crippen LogP contribution is 2.32. The van der Waals surface area contributed by atoms with Gasteiger partial charge in [0.1, 0.15) is 11.6 Å². The van der Waals surface area contributed by atoms with Crippen LogP contribution in [0.25, 0.3) is 10.9 Å². The number of nitrogens with zero attached hydrogens (tertiary/aromatic N) is 1. The molecular weight excluding hydrogens is 507 g/mol. The van der Waals surface area contributed by atoms with Gasteiger partial charge in [0.15, 0.2) is 6.10 Å². The van der Waals surface area contributed by atoms with Crippen LogP contribution in [0.2, 0.25) is 5.02 Å². The Morgan fingerprint density at radius 3 is 2.50 bits per heavy atom. The molecule has 0 aliphatic heterocycles. The number of aliphatic carboxylic acids is 1. The van der Waals surface area contributed by atoms with E-state index in [-0.39, 0.29) is 17.8 Å². The quantitative estimate of drug-likeness (QED) is 0.268. The van der Waals surface area contributed by atoms with Crippen molar-refractivity contribution in [2.24, 2.45) is 7.05 Å². The fraction of sp³-hybridized carbons (Fsp3) is 0.267. The Kier molecular flexibility index (Phi) is 7.78. The zero-order valence-electron chi connectivity index (χ0n) is 21.9. The molecule has 1 amide bonds. The van der Waals surface area contributed by atoms with E-state index in [1.807, 2.05) is 56.7 Å². The first-order valence-electron chi connectivity index (χ1n) is 12.3. The minimum absolute atomic E-state index is 0.242. The molecule has 0 aliphatic carbocycles. The number of aryl methyl sites for hydroxylation is 2. The third kappa shape index (κ3) is 5.68. The maximum absolute atomic E-state index is 13.8. The molecule has 1 aromatic heterocycles. The van der Waals surface area contributed by atoms with Crippen molar-refractivity contribution in [3.05, 3.63) is 98.9 Å². The maximum atomic E-state index is 13.8. The molecule has 0 saturated heterocycles. The molecule has 4 rings (SSSR count). The summed E-state index contributed by atoms with van der Waals surface area (Å²) >= 11 is 6.24. The normalized spacial score (nSPS) is 12.8. The van der Waals surface area contributed by atoms with Gasteiger partial charge in [-0.25, -0.2) is 9.18 Å². The predicted molar refractivity (Wildman–Crippen MR) is 147 cm³/mol. The minimum atomic E-state index is -1.07. The van der Waals surface area contributed by atoms with Crippen LogP contribution >= 0.6 is 11.6 Å². The lowest BCUT2D eigenvalue weighted by atomic mass is 10.0. The fourth-order valence-electron chi connectivity index (χ4n) is 4.58. The second-order valence-corrected chi connectivity index (χ2v) is 10.1. The van der Waals surface area contributed by atoms with Crippen LogP contribution in [0.5, 0.6) is 5.75 Å². The van der Waals surface area contributed by atoms with E-state index < -0.39 is 12.1 Å². The topological polar surface area (TPSA) is 80.6 Å². The zero-order chi connectivity index (χ0) is 27.7. The van der Waals surface area contributed by atoms with Gasteiger partial charge in [0.25, 0.3) is 5.91 Å². The number of carboxylic acids is 1. The Morgan fingerprint density at radius 1 is 1.08 bits per heavy atom. The van der Waals surface area contributed by atoms with Gasteiger partial charge in [-0.2, -0.15) is 0 Å². The molecule has 8 heteroatoms. The molecule has 3 aromatic carbocycles. The zero-order valence-corrected chi connectivity index (χ0v) is 22.7. The van der Waals surface area contributed by atoms with E-state index in [0.29, 0.717) is 28.3 Å². The molecule has 0 fully saturated rings. The van der Waals surface area contributed by atoms with Gasteiger partial charge < -0.3 is 19.7 Å². The minimum Gasteiger partial charge on any atom is -0.479 e. The molecule has 0 unspecified atom stereocenters. The van der Waals surface area contributed by atoms with E-state index in [9.17, 15) is 19.1 Å². The molecule has 0 spiro atoms. The molecule has 0 radical (unpaired) electrons. The molecule has 38 heavy (non-hydrogen) atoms. The number of halogens is 2. The Labute approximate surface area is 226 Å². The van der Waals surface area contributed by atoms with Gasteiger partial charge in [0, 0.05) is 29.2 Å². The van der Waals surface area contributed by atoms with Gasteiger partial charge in [-0.05, 0) is 92.8 Å². The van der Waals surface area contributed by atoms with E-state index in [1.54, 1.807) is 18.2 Å². The van der Waals surface area contributed by atoms with E-state index in [0.717, 1.165) is 33.3 Å². The number of ether oxygens (including phenoxy) is 1. The van der Waals surface area contributed by atoms with Gasteiger partial charge in [0.2, 0.25) is 0 Å². The Hall–Kier alpha value is -3.84. The highest BCUT2D eigenvalue weighted by atomic mass is 35.5. The number of amides is 1. The van der Waals surface area contributed by atoms with Crippen molar-refractivity contribution in [2.45, 2.75) is 46.3 Å². The first-order valence-corrected chi connectivity index (χ1v) is 12.7. The van der Waals surface area contributed by atoms with Crippen LogP contribution in [0.1, 0.15) is 58.2 Å². The number of carbonyl (C=O) groups excluding carboxylic acids is 1. The van der Waals surface area contributed by atoms with Crippen LogP contribution in [0, 0.1) is 19.7 Å². The highest BCUT2D eigenvalue weighted by Gasteiger charge is 2.19. The number of rotatable bonds is 8. The average molecular weight is 537 g/mol. The molecule has 0 saturated carbocycles. The largest absolute Gasteiger partial charge is 0.479 e. The number of carbonyl (C=O) groups is 2. The van der Waals surface area contributed by atoms with Crippen molar-refractivity contribution in [1.82, 2.24) is 9.88 Å². The number of fused-ring (bicyclic) bond motifs is 1. The summed E-state index contributed by atoms with van der Waals surface area (Å²) in [6, 6.07) is 15.3. The summed E-state index contributed by atoms with van der Waals surface area (Å²) in [4.78, 5) is 24.3. The summed E-state index contributed by atoms with van der Waals surface area (Å²) in [5.74, 6) is -1.32. The second kappa shape index (κ2) is 10.9. The van der Waals surface area contributed by atoms with Gasteiger partial charge >= 0.3 is 5.97 Å². The fourth-order valence-corrected chi connectivity index (χ4v) is 4.74. The number of nitrogens with one attached hydrogen (secondary N) is 1. The third-order valence-electron chi connectivity index (χ3n) is 6.83. The van der Waals surface area contributed by atoms with Crippen LogP contribution in [0.15, 0.2) is 54.6 Å². The lowest BCUT2D eigenvalue weighted by molar-refractivity contribution is -0.144. The molecule has 2 N–H and O–H groups in total. The summed E-state index contributed by atoms with van der Waals surface area (Å²) in [5, 5.41) is 13.5. The standard InChI is InChI=1S/C30H30ClFN2O4/c1-16-10-22(14-23(32)11-16)17(2)33-29(35)21-7-8-24-25(18(3)34(5)27(24)15-21)12-20-6-9-26(31)28(13-20)38-19(4)30(36)37/h6-11,13-15,17,19H,12H2,1-5H3,(H,33,35)(H,36,37)/t17-,19+/m0/s1. The van der Waals surface area contributed by atoms with E-state index in [4.69, 9.17) is 16.3 Å². The molecule has 4 aromatic rings. The molecular formula is C30H30ClFN2O4. The monoisotopic (exact) mass is 536 g/mol. The highest BCUT2D eigenvalue weighted by molar-refractivity contribution is 6.32. The van der Waals surface area contributed by atoms with Crippen molar-refractivity contribution < 1.29 is 23.8 Å². The van der Waals surface area contributed by atoms with E-state index >= 15 is 0 Å². The summed E-state index contributed by atoms with van der Waals surface area (Å²) in [7, 11) is 1.95. The molecule has 2 atom stereocenters. The molecule has 198 valence electrons. The van der Waals surface area contributed by atoms with Crippen LogP contribution in [-0.4, -0.2) is 27.7 Å². The van der Waals surface area contributed by atoms with Crippen molar-refractivity contribution in [2.75, 3.05) is 0 Å². The van der Waals surface area contributed by atoms with Crippen molar-refractivity contribution in [3.63, 3.8) is 0 Å². The van der Waals surface area contributed by atoms with E-state index in [1.165, 1.54) is 19.1 Å². The number of carboxylic acid groups (broad SMARTS) is 1. The molecule has 0 aliphatic rings.